The molecule has 0 aliphatic heterocycles. The van der Waals surface area contributed by atoms with E-state index in [1.165, 1.54) is 0 Å². The molecule has 3 nitrogen and oxygen atoms in total. The molecule has 1 N–H and O–H groups in total. The van der Waals surface area contributed by atoms with Crippen LogP contribution in [-0.2, 0) is 4.79 Å². The number of rotatable bonds is 4. The summed E-state index contributed by atoms with van der Waals surface area (Å²) in [7, 11) is 0. The van der Waals surface area contributed by atoms with Crippen molar-refractivity contribution in [3.8, 4) is 5.75 Å². The van der Waals surface area contributed by atoms with Crippen LogP contribution in [0, 0.1) is 5.92 Å². The summed E-state index contributed by atoms with van der Waals surface area (Å²) in [5.41, 5.74) is 1.06. The number of benzene rings is 1. The topological polar surface area (TPSA) is 46.5 Å². The Labute approximate surface area is 108 Å². The molecule has 1 fully saturated rings. The van der Waals surface area contributed by atoms with Gasteiger partial charge in [0.1, 0.15) is 5.75 Å². The fourth-order valence-corrected chi connectivity index (χ4v) is 2.87. The summed E-state index contributed by atoms with van der Waals surface area (Å²) in [4.78, 5) is 11.4. The molecule has 0 saturated heterocycles. The summed E-state index contributed by atoms with van der Waals surface area (Å²) in [5, 5.41) is 9.35. The quantitative estimate of drug-likeness (QED) is 0.887. The third kappa shape index (κ3) is 2.66. The van der Waals surface area contributed by atoms with Crippen LogP contribution in [0.25, 0.3) is 0 Å². The van der Waals surface area contributed by atoms with E-state index in [9.17, 15) is 9.90 Å². The van der Waals surface area contributed by atoms with E-state index in [2.05, 4.69) is 0 Å². The third-order valence-corrected chi connectivity index (χ3v) is 3.70. The van der Waals surface area contributed by atoms with Gasteiger partial charge in [0.2, 0.25) is 0 Å². The fourth-order valence-electron chi connectivity index (χ4n) is 2.87. The second-order valence-corrected chi connectivity index (χ2v) is 4.81. The lowest BCUT2D eigenvalue weighted by molar-refractivity contribution is -0.143. The lowest BCUT2D eigenvalue weighted by Gasteiger charge is -2.30. The highest BCUT2D eigenvalue weighted by Crippen LogP contribution is 2.41. The molecular formula is C15H20O3. The highest BCUT2D eigenvalue weighted by Gasteiger charge is 2.33. The number of aliphatic carboxylic acids is 1. The molecule has 1 aliphatic carbocycles. The second-order valence-electron chi connectivity index (χ2n) is 4.81. The smallest absolute Gasteiger partial charge is 0.307 e. The van der Waals surface area contributed by atoms with Crippen molar-refractivity contribution in [2.45, 2.75) is 38.5 Å². The Morgan fingerprint density at radius 1 is 1.33 bits per heavy atom. The van der Waals surface area contributed by atoms with E-state index in [4.69, 9.17) is 4.74 Å². The average Bonchev–Trinajstić information content (AvgIpc) is 2.40. The van der Waals surface area contributed by atoms with E-state index in [-0.39, 0.29) is 11.8 Å². The molecule has 0 spiro atoms. The monoisotopic (exact) mass is 248 g/mol. The number of para-hydroxylation sites is 1. The molecule has 0 amide bonds. The average molecular weight is 248 g/mol. The first-order chi connectivity index (χ1) is 8.74. The molecule has 2 atom stereocenters. The van der Waals surface area contributed by atoms with Gasteiger partial charge in [-0.1, -0.05) is 31.0 Å². The summed E-state index contributed by atoms with van der Waals surface area (Å²) in [5.74, 6) is 0.00325. The van der Waals surface area contributed by atoms with Gasteiger partial charge in [-0.15, -0.1) is 0 Å². The number of ether oxygens (including phenoxy) is 1. The zero-order valence-corrected chi connectivity index (χ0v) is 10.8. The first kappa shape index (κ1) is 12.9. The van der Waals surface area contributed by atoms with Crippen molar-refractivity contribution in [3.63, 3.8) is 0 Å². The maximum absolute atomic E-state index is 11.4. The van der Waals surface area contributed by atoms with Crippen LogP contribution in [0.15, 0.2) is 24.3 Å². The maximum atomic E-state index is 11.4. The second kappa shape index (κ2) is 5.89. The molecule has 1 aromatic rings. The Kier molecular flexibility index (Phi) is 4.24. The Morgan fingerprint density at radius 2 is 2.06 bits per heavy atom. The van der Waals surface area contributed by atoms with E-state index in [1.54, 1.807) is 0 Å². The molecule has 2 unspecified atom stereocenters. The summed E-state index contributed by atoms with van der Waals surface area (Å²) in [6.45, 7) is 2.56. The minimum Gasteiger partial charge on any atom is -0.494 e. The zero-order valence-electron chi connectivity index (χ0n) is 10.8. The van der Waals surface area contributed by atoms with E-state index in [0.29, 0.717) is 6.61 Å². The highest BCUT2D eigenvalue weighted by atomic mass is 16.5. The van der Waals surface area contributed by atoms with Gasteiger partial charge in [0.25, 0.3) is 0 Å². The Balaban J connectivity index is 2.30. The van der Waals surface area contributed by atoms with Gasteiger partial charge >= 0.3 is 5.97 Å². The Morgan fingerprint density at radius 3 is 2.78 bits per heavy atom. The van der Waals surface area contributed by atoms with Crippen LogP contribution in [-0.4, -0.2) is 17.7 Å². The minimum absolute atomic E-state index is 0.0963. The number of carboxylic acid groups (broad SMARTS) is 1. The number of carbonyl (C=O) groups is 1. The molecule has 18 heavy (non-hydrogen) atoms. The van der Waals surface area contributed by atoms with Crippen LogP contribution in [0.2, 0.25) is 0 Å². The van der Waals surface area contributed by atoms with Gasteiger partial charge in [0.05, 0.1) is 12.5 Å². The lowest BCUT2D eigenvalue weighted by atomic mass is 9.75. The van der Waals surface area contributed by atoms with Crippen molar-refractivity contribution in [2.24, 2.45) is 5.92 Å². The van der Waals surface area contributed by atoms with E-state index < -0.39 is 5.97 Å². The number of carboxylic acids is 1. The molecule has 0 bridgehead atoms. The van der Waals surface area contributed by atoms with Crippen molar-refractivity contribution in [3.05, 3.63) is 29.8 Å². The largest absolute Gasteiger partial charge is 0.494 e. The summed E-state index contributed by atoms with van der Waals surface area (Å²) >= 11 is 0. The van der Waals surface area contributed by atoms with Crippen molar-refractivity contribution in [1.82, 2.24) is 0 Å². The Hall–Kier alpha value is -1.51. The molecule has 1 aromatic carbocycles. The molecule has 1 saturated carbocycles. The molecular weight excluding hydrogens is 228 g/mol. The fraction of sp³-hybridized carbons (Fsp3) is 0.533. The van der Waals surface area contributed by atoms with Crippen molar-refractivity contribution < 1.29 is 14.6 Å². The molecule has 0 radical (unpaired) electrons. The first-order valence-corrected chi connectivity index (χ1v) is 6.68. The SMILES string of the molecule is CCOc1ccccc1C1CCCCC1C(=O)O. The number of hydrogen-bond acceptors (Lipinski definition) is 2. The minimum atomic E-state index is -0.675. The van der Waals surface area contributed by atoms with Crippen molar-refractivity contribution in [1.29, 1.82) is 0 Å². The molecule has 3 heteroatoms. The summed E-state index contributed by atoms with van der Waals surface area (Å²) in [6.07, 6.45) is 3.85. The van der Waals surface area contributed by atoms with E-state index in [1.807, 2.05) is 31.2 Å². The maximum Gasteiger partial charge on any atom is 0.307 e. The third-order valence-electron chi connectivity index (χ3n) is 3.70. The van der Waals surface area contributed by atoms with Gasteiger partial charge < -0.3 is 9.84 Å². The highest BCUT2D eigenvalue weighted by molar-refractivity contribution is 5.71. The molecule has 2 rings (SSSR count). The molecule has 1 aliphatic rings. The van der Waals surface area contributed by atoms with Gasteiger partial charge in [0.15, 0.2) is 0 Å². The Bertz CT molecular complexity index is 414. The molecule has 0 aromatic heterocycles. The van der Waals surface area contributed by atoms with Crippen molar-refractivity contribution in [2.75, 3.05) is 6.61 Å². The van der Waals surface area contributed by atoms with Crippen LogP contribution in [0.5, 0.6) is 5.75 Å². The van der Waals surface area contributed by atoms with Gasteiger partial charge in [-0.2, -0.15) is 0 Å². The van der Waals surface area contributed by atoms with Gasteiger partial charge in [-0.05, 0) is 31.4 Å². The zero-order chi connectivity index (χ0) is 13.0. The normalized spacial score (nSPS) is 23.6. The number of hydrogen-bond donors (Lipinski definition) is 1. The van der Waals surface area contributed by atoms with Gasteiger partial charge in [-0.25, -0.2) is 0 Å². The standard InChI is InChI=1S/C15H20O3/c1-2-18-14-10-6-5-8-12(14)11-7-3-4-9-13(11)15(16)17/h5-6,8,10-11,13H,2-4,7,9H2,1H3,(H,16,17). The van der Waals surface area contributed by atoms with Crippen LogP contribution < -0.4 is 4.74 Å². The summed E-state index contributed by atoms with van der Waals surface area (Å²) < 4.78 is 5.63. The van der Waals surface area contributed by atoms with E-state index in [0.717, 1.165) is 37.0 Å². The van der Waals surface area contributed by atoms with Crippen LogP contribution in [0.4, 0.5) is 0 Å². The van der Waals surface area contributed by atoms with Gasteiger partial charge in [-0.3, -0.25) is 4.79 Å². The first-order valence-electron chi connectivity index (χ1n) is 6.68. The summed E-state index contributed by atoms with van der Waals surface area (Å²) in [6, 6.07) is 7.85. The molecule has 0 heterocycles. The lowest BCUT2D eigenvalue weighted by Crippen LogP contribution is -2.25. The van der Waals surface area contributed by atoms with Crippen molar-refractivity contribution >= 4 is 5.97 Å². The molecule has 98 valence electrons. The van der Waals surface area contributed by atoms with Crippen LogP contribution in [0.3, 0.4) is 0 Å². The van der Waals surface area contributed by atoms with Crippen LogP contribution in [0.1, 0.15) is 44.1 Å². The predicted octanol–water partition coefficient (Wildman–Crippen LogP) is 3.44. The van der Waals surface area contributed by atoms with Gasteiger partial charge in [0, 0.05) is 5.92 Å². The predicted molar refractivity (Wildman–Crippen MR) is 69.9 cm³/mol. The van der Waals surface area contributed by atoms with E-state index >= 15 is 0 Å². The van der Waals surface area contributed by atoms with Crippen LogP contribution >= 0.6 is 0 Å².